The molecule has 0 atom stereocenters. The van der Waals surface area contributed by atoms with Crippen molar-refractivity contribution in [2.45, 2.75) is 6.54 Å². The van der Waals surface area contributed by atoms with Crippen molar-refractivity contribution >= 4 is 23.0 Å². The van der Waals surface area contributed by atoms with E-state index in [-0.39, 0.29) is 17.8 Å². The summed E-state index contributed by atoms with van der Waals surface area (Å²) in [4.78, 5) is 27.8. The summed E-state index contributed by atoms with van der Waals surface area (Å²) in [6.45, 7) is 0.239. The lowest BCUT2D eigenvalue weighted by molar-refractivity contribution is -0.383. The lowest BCUT2D eigenvalue weighted by Gasteiger charge is -2.09. The molecule has 0 unspecified atom stereocenters. The quantitative estimate of drug-likeness (QED) is 0.351. The van der Waals surface area contributed by atoms with Gasteiger partial charge in [-0.2, -0.15) is 5.10 Å². The van der Waals surface area contributed by atoms with Crippen LogP contribution >= 0.6 is 0 Å². The molecule has 4 aromatic rings. The molecule has 31 heavy (non-hydrogen) atoms. The minimum absolute atomic E-state index is 0.179. The molecule has 0 saturated carbocycles. The fourth-order valence-corrected chi connectivity index (χ4v) is 2.95. The first-order valence-corrected chi connectivity index (χ1v) is 9.44. The van der Waals surface area contributed by atoms with Crippen LogP contribution in [0.3, 0.4) is 0 Å². The first-order valence-electron chi connectivity index (χ1n) is 9.44. The number of para-hydroxylation sites is 1. The molecule has 9 heteroatoms. The smallest absolute Gasteiger partial charge is 0.293 e. The largest absolute Gasteiger partial charge is 0.350 e. The van der Waals surface area contributed by atoms with Gasteiger partial charge >= 0.3 is 0 Å². The second kappa shape index (κ2) is 8.87. The average molecular weight is 414 g/mol. The predicted molar refractivity (Wildman–Crippen MR) is 115 cm³/mol. The molecule has 9 nitrogen and oxygen atoms in total. The molecule has 2 aromatic heterocycles. The van der Waals surface area contributed by atoms with Crippen LogP contribution in [-0.4, -0.2) is 25.6 Å². The summed E-state index contributed by atoms with van der Waals surface area (Å²) in [6, 6.07) is 18.9. The molecule has 2 heterocycles. The van der Waals surface area contributed by atoms with Gasteiger partial charge in [-0.15, -0.1) is 0 Å². The lowest BCUT2D eigenvalue weighted by atomic mass is 10.1. The molecular weight excluding hydrogens is 396 g/mol. The number of rotatable bonds is 7. The number of anilines is 2. The second-order valence-electron chi connectivity index (χ2n) is 6.64. The highest BCUT2D eigenvalue weighted by molar-refractivity contribution is 5.95. The molecule has 0 aliphatic heterocycles. The SMILES string of the molecule is O=C(NCc1ccc(-n2cccn2)nc1)c1ccc(Nc2ccccc2)c([N+](=O)[O-])c1. The number of nitrogens with one attached hydrogen (secondary N) is 2. The zero-order valence-corrected chi connectivity index (χ0v) is 16.3. The third-order valence-electron chi connectivity index (χ3n) is 4.51. The molecule has 0 bridgehead atoms. The van der Waals surface area contributed by atoms with E-state index in [4.69, 9.17) is 0 Å². The molecule has 0 saturated heterocycles. The standard InChI is InChI=1S/C22H18N6O3/c29-22(24-15-16-7-10-21(23-14-16)27-12-4-11-25-27)17-8-9-19(20(13-17)28(30)31)26-18-5-2-1-3-6-18/h1-14,26H,15H2,(H,24,29). The van der Waals surface area contributed by atoms with Crippen molar-refractivity contribution < 1.29 is 9.72 Å². The Labute approximate surface area is 177 Å². The molecule has 0 aliphatic carbocycles. The van der Waals surface area contributed by atoms with Crippen LogP contribution in [0.4, 0.5) is 17.1 Å². The van der Waals surface area contributed by atoms with Crippen molar-refractivity contribution in [2.24, 2.45) is 0 Å². The Morgan fingerprint density at radius 3 is 2.58 bits per heavy atom. The van der Waals surface area contributed by atoms with Crippen molar-refractivity contribution in [2.75, 3.05) is 5.32 Å². The fraction of sp³-hybridized carbons (Fsp3) is 0.0455. The van der Waals surface area contributed by atoms with E-state index in [1.54, 1.807) is 53.6 Å². The maximum absolute atomic E-state index is 12.5. The topological polar surface area (TPSA) is 115 Å². The lowest BCUT2D eigenvalue weighted by Crippen LogP contribution is -2.23. The van der Waals surface area contributed by atoms with Gasteiger partial charge in [0.25, 0.3) is 11.6 Å². The highest BCUT2D eigenvalue weighted by Gasteiger charge is 2.18. The Balaban J connectivity index is 1.44. The molecule has 1 amide bonds. The summed E-state index contributed by atoms with van der Waals surface area (Å²) >= 11 is 0. The van der Waals surface area contributed by atoms with Gasteiger partial charge in [-0.1, -0.05) is 24.3 Å². The summed E-state index contributed by atoms with van der Waals surface area (Å²) in [7, 11) is 0. The average Bonchev–Trinajstić information content (AvgIpc) is 3.33. The van der Waals surface area contributed by atoms with Crippen molar-refractivity contribution in [3.63, 3.8) is 0 Å². The Morgan fingerprint density at radius 2 is 1.90 bits per heavy atom. The van der Waals surface area contributed by atoms with E-state index in [0.29, 0.717) is 17.2 Å². The number of amides is 1. The number of nitro groups is 1. The molecule has 154 valence electrons. The highest BCUT2D eigenvalue weighted by atomic mass is 16.6. The molecule has 2 N–H and O–H groups in total. The third-order valence-corrected chi connectivity index (χ3v) is 4.51. The van der Waals surface area contributed by atoms with Gasteiger partial charge in [0.1, 0.15) is 5.69 Å². The van der Waals surface area contributed by atoms with Crippen LogP contribution in [0.5, 0.6) is 0 Å². The van der Waals surface area contributed by atoms with Crippen molar-refractivity contribution in [1.29, 1.82) is 0 Å². The number of hydrogen-bond acceptors (Lipinski definition) is 6. The first kappa shape index (κ1) is 19.8. The first-order chi connectivity index (χ1) is 15.1. The Hall–Kier alpha value is -4.53. The van der Waals surface area contributed by atoms with Gasteiger partial charge in [-0.3, -0.25) is 14.9 Å². The van der Waals surface area contributed by atoms with Crippen LogP contribution in [-0.2, 0) is 6.54 Å². The number of aromatic nitrogens is 3. The minimum atomic E-state index is -0.514. The molecular formula is C22H18N6O3. The predicted octanol–water partition coefficient (Wildman–Crippen LogP) is 3.85. The molecule has 4 rings (SSSR count). The Morgan fingerprint density at radius 1 is 1.06 bits per heavy atom. The molecule has 0 spiro atoms. The van der Waals surface area contributed by atoms with Gasteiger partial charge in [0.2, 0.25) is 0 Å². The van der Waals surface area contributed by atoms with Crippen LogP contribution in [0.15, 0.2) is 85.3 Å². The maximum atomic E-state index is 12.5. The monoisotopic (exact) mass is 414 g/mol. The number of nitrogens with zero attached hydrogens (tertiary/aromatic N) is 4. The number of pyridine rings is 1. The number of nitro benzene ring substituents is 1. The zero-order chi connectivity index (χ0) is 21.6. The normalized spacial score (nSPS) is 10.5. The van der Waals surface area contributed by atoms with E-state index in [0.717, 1.165) is 5.56 Å². The minimum Gasteiger partial charge on any atom is -0.350 e. The van der Waals surface area contributed by atoms with Crippen LogP contribution in [0.1, 0.15) is 15.9 Å². The Bertz CT molecular complexity index is 1190. The Kier molecular flexibility index (Phi) is 5.66. The van der Waals surface area contributed by atoms with Crippen molar-refractivity contribution in [3.8, 4) is 5.82 Å². The van der Waals surface area contributed by atoms with Crippen molar-refractivity contribution in [1.82, 2.24) is 20.1 Å². The number of hydrogen-bond donors (Lipinski definition) is 2. The van der Waals surface area contributed by atoms with E-state index >= 15 is 0 Å². The van der Waals surface area contributed by atoms with Crippen LogP contribution in [0.25, 0.3) is 5.82 Å². The number of carbonyl (C=O) groups excluding carboxylic acids is 1. The second-order valence-corrected chi connectivity index (χ2v) is 6.64. The van der Waals surface area contributed by atoms with Crippen LogP contribution in [0.2, 0.25) is 0 Å². The fourth-order valence-electron chi connectivity index (χ4n) is 2.95. The van der Waals surface area contributed by atoms with Gasteiger partial charge < -0.3 is 10.6 Å². The van der Waals surface area contributed by atoms with Crippen LogP contribution in [0, 0.1) is 10.1 Å². The summed E-state index contributed by atoms with van der Waals surface area (Å²) < 4.78 is 1.63. The zero-order valence-electron chi connectivity index (χ0n) is 16.3. The highest BCUT2D eigenvalue weighted by Crippen LogP contribution is 2.28. The van der Waals surface area contributed by atoms with Gasteiger partial charge in [-0.25, -0.2) is 9.67 Å². The van der Waals surface area contributed by atoms with E-state index in [2.05, 4.69) is 20.7 Å². The van der Waals surface area contributed by atoms with Gasteiger partial charge in [-0.05, 0) is 42.0 Å². The maximum Gasteiger partial charge on any atom is 0.293 e. The van der Waals surface area contributed by atoms with E-state index in [9.17, 15) is 14.9 Å². The number of benzene rings is 2. The van der Waals surface area contributed by atoms with E-state index < -0.39 is 10.8 Å². The molecule has 2 aromatic carbocycles. The van der Waals surface area contributed by atoms with E-state index in [1.165, 1.54) is 12.1 Å². The van der Waals surface area contributed by atoms with Crippen molar-refractivity contribution in [3.05, 3.63) is 107 Å². The van der Waals surface area contributed by atoms with E-state index in [1.807, 2.05) is 24.3 Å². The summed E-state index contributed by atoms with van der Waals surface area (Å²) in [6.07, 6.45) is 5.09. The van der Waals surface area contributed by atoms with Gasteiger partial charge in [0.15, 0.2) is 5.82 Å². The summed E-state index contributed by atoms with van der Waals surface area (Å²) in [5, 5.41) is 21.4. The van der Waals surface area contributed by atoms with Crippen LogP contribution < -0.4 is 10.6 Å². The number of carbonyl (C=O) groups is 1. The molecule has 0 fully saturated rings. The molecule has 0 radical (unpaired) electrons. The third kappa shape index (κ3) is 4.73. The van der Waals surface area contributed by atoms with Gasteiger partial charge in [0.05, 0.1) is 4.92 Å². The van der Waals surface area contributed by atoms with Gasteiger partial charge in [0, 0.05) is 42.5 Å². The summed E-state index contributed by atoms with van der Waals surface area (Å²) in [5.74, 6) is 0.253. The summed E-state index contributed by atoms with van der Waals surface area (Å²) in [5.41, 5.74) is 1.84. The molecule has 0 aliphatic rings.